The molecule has 4 aromatic rings. The van der Waals surface area contributed by atoms with Crippen LogP contribution in [0.15, 0.2) is 59.4 Å². The maximum absolute atomic E-state index is 13.4. The number of nitrogens with one attached hydrogen (secondary N) is 1. The first kappa shape index (κ1) is 16.9. The van der Waals surface area contributed by atoms with Crippen LogP contribution < -0.4 is 10.9 Å². The molecule has 1 N–H and O–H groups in total. The van der Waals surface area contributed by atoms with Gasteiger partial charge in [-0.2, -0.15) is 4.98 Å². The van der Waals surface area contributed by atoms with E-state index in [0.717, 1.165) is 12.1 Å². The number of carbonyl (C=O) groups excluding carboxylic acids is 2. The number of carbonyl (C=O) groups is 2. The topological polar surface area (TPSA) is 86.0 Å². The summed E-state index contributed by atoms with van der Waals surface area (Å²) in [7, 11) is 0. The molecule has 0 saturated carbocycles. The molecule has 30 heavy (non-hydrogen) atoms. The summed E-state index contributed by atoms with van der Waals surface area (Å²) in [6, 6.07) is 16.2. The van der Waals surface area contributed by atoms with Crippen molar-refractivity contribution in [3.05, 3.63) is 81.9 Å². The normalized spacial score (nSPS) is 13.9. The molecule has 0 spiro atoms. The van der Waals surface area contributed by atoms with Crippen molar-refractivity contribution in [3.8, 4) is 11.4 Å². The van der Waals surface area contributed by atoms with Gasteiger partial charge in [0.15, 0.2) is 5.82 Å². The Bertz CT molecular complexity index is 1450. The van der Waals surface area contributed by atoms with Gasteiger partial charge in [-0.1, -0.05) is 36.4 Å². The molecule has 0 bridgehead atoms. The molecule has 0 radical (unpaired) electrons. The number of para-hydroxylation sites is 1. The van der Waals surface area contributed by atoms with Gasteiger partial charge in [0.25, 0.3) is 17.4 Å². The Labute approximate surface area is 170 Å². The van der Waals surface area contributed by atoms with Gasteiger partial charge in [-0.3, -0.25) is 19.0 Å². The third-order valence-corrected chi connectivity index (χ3v) is 5.85. The summed E-state index contributed by atoms with van der Waals surface area (Å²) in [5, 5.41) is 3.28. The standard InChI is InChI=1S/C23H16N4O3/c28-21-17-16-11-6-12-26(16)19(22(29)24-13-7-2-1-3-8-13)18(17)27-20(25-21)14-9-4-5-10-15(14)23(27)30/h1-5,7-10H,6,11-12H2,(H,24,29). The Balaban J connectivity index is 1.66. The van der Waals surface area contributed by atoms with E-state index in [2.05, 4.69) is 10.3 Å². The minimum atomic E-state index is -0.398. The molecule has 0 aliphatic carbocycles. The lowest BCUT2D eigenvalue weighted by Gasteiger charge is -2.10. The first-order valence-corrected chi connectivity index (χ1v) is 9.84. The van der Waals surface area contributed by atoms with Gasteiger partial charge in [0.05, 0.1) is 16.5 Å². The fourth-order valence-corrected chi connectivity index (χ4v) is 4.62. The van der Waals surface area contributed by atoms with Crippen molar-refractivity contribution in [3.63, 3.8) is 0 Å². The predicted octanol–water partition coefficient (Wildman–Crippen LogP) is 3.07. The van der Waals surface area contributed by atoms with Crippen molar-refractivity contribution in [1.82, 2.24) is 14.1 Å². The third kappa shape index (κ3) is 2.14. The minimum absolute atomic E-state index is 0.267. The number of aryl methyl sites for hydroxylation is 1. The first-order chi connectivity index (χ1) is 14.6. The molecule has 1 amide bonds. The molecular weight excluding hydrogens is 380 g/mol. The molecule has 2 aromatic carbocycles. The Morgan fingerprint density at radius 1 is 0.967 bits per heavy atom. The van der Waals surface area contributed by atoms with Crippen LogP contribution in [0.2, 0.25) is 0 Å². The third-order valence-electron chi connectivity index (χ3n) is 5.85. The lowest BCUT2D eigenvalue weighted by atomic mass is 10.1. The van der Waals surface area contributed by atoms with E-state index < -0.39 is 5.56 Å². The Hall–Kier alpha value is -4.00. The average Bonchev–Trinajstić information content (AvgIpc) is 3.41. The number of rotatable bonds is 2. The molecular formula is C23H16N4O3. The van der Waals surface area contributed by atoms with E-state index in [4.69, 9.17) is 0 Å². The van der Waals surface area contributed by atoms with Gasteiger partial charge in [-0.15, -0.1) is 0 Å². The largest absolute Gasteiger partial charge is 0.338 e. The maximum atomic E-state index is 13.4. The number of amides is 1. The summed E-state index contributed by atoms with van der Waals surface area (Å²) in [5.41, 5.74) is 2.82. The molecule has 4 heterocycles. The molecule has 7 heteroatoms. The maximum Gasteiger partial charge on any atom is 0.282 e. The Morgan fingerprint density at radius 2 is 1.70 bits per heavy atom. The molecule has 0 saturated heterocycles. The number of aromatic nitrogens is 3. The number of anilines is 1. The van der Waals surface area contributed by atoms with Crippen LogP contribution in [-0.2, 0) is 13.0 Å². The van der Waals surface area contributed by atoms with Crippen LogP contribution in [0, 0.1) is 0 Å². The Kier molecular flexibility index (Phi) is 3.38. The summed E-state index contributed by atoms with van der Waals surface area (Å²) in [5.74, 6) is -0.314. The summed E-state index contributed by atoms with van der Waals surface area (Å²) >= 11 is 0. The molecule has 2 aliphatic rings. The number of nitrogens with zero attached hydrogens (tertiary/aromatic N) is 3. The van der Waals surface area contributed by atoms with Gasteiger partial charge in [-0.05, 0) is 31.0 Å². The van der Waals surface area contributed by atoms with Gasteiger partial charge >= 0.3 is 0 Å². The fourth-order valence-electron chi connectivity index (χ4n) is 4.62. The molecule has 2 aromatic heterocycles. The number of hydrogen-bond acceptors (Lipinski definition) is 4. The van der Waals surface area contributed by atoms with Crippen molar-refractivity contribution in [1.29, 1.82) is 0 Å². The summed E-state index contributed by atoms with van der Waals surface area (Å²) in [4.78, 5) is 43.9. The monoisotopic (exact) mass is 396 g/mol. The SMILES string of the molecule is O=C(Nc1ccccc1)c1c2c(c3n1CCC3)c(=O)nc1n2C(=O)c2ccccc2-1. The van der Waals surface area contributed by atoms with E-state index in [0.29, 0.717) is 52.2 Å². The second-order valence-corrected chi connectivity index (χ2v) is 7.52. The second kappa shape index (κ2) is 6.00. The zero-order chi connectivity index (χ0) is 20.4. The molecule has 2 aliphatic heterocycles. The van der Waals surface area contributed by atoms with Gasteiger partial charge in [-0.25, -0.2) is 0 Å². The van der Waals surface area contributed by atoms with Crippen LogP contribution in [0.5, 0.6) is 0 Å². The van der Waals surface area contributed by atoms with Crippen molar-refractivity contribution >= 4 is 28.4 Å². The van der Waals surface area contributed by atoms with Crippen molar-refractivity contribution in [2.45, 2.75) is 19.4 Å². The summed E-state index contributed by atoms with van der Waals surface area (Å²) in [6.45, 7) is 0.622. The second-order valence-electron chi connectivity index (χ2n) is 7.52. The predicted molar refractivity (Wildman–Crippen MR) is 112 cm³/mol. The zero-order valence-corrected chi connectivity index (χ0v) is 15.9. The van der Waals surface area contributed by atoms with Gasteiger partial charge in [0, 0.05) is 23.5 Å². The van der Waals surface area contributed by atoms with Gasteiger partial charge < -0.3 is 9.88 Å². The van der Waals surface area contributed by atoms with Crippen molar-refractivity contribution < 1.29 is 9.59 Å². The molecule has 0 unspecified atom stereocenters. The van der Waals surface area contributed by atoms with E-state index >= 15 is 0 Å². The smallest absolute Gasteiger partial charge is 0.282 e. The number of fused-ring (bicyclic) bond motifs is 7. The average molecular weight is 396 g/mol. The lowest BCUT2D eigenvalue weighted by Crippen LogP contribution is -2.21. The van der Waals surface area contributed by atoms with Crippen LogP contribution in [0.1, 0.15) is 33.0 Å². The fraction of sp³-hybridized carbons (Fsp3) is 0.130. The highest BCUT2D eigenvalue weighted by atomic mass is 16.2. The van der Waals surface area contributed by atoms with Crippen molar-refractivity contribution in [2.24, 2.45) is 0 Å². The highest BCUT2D eigenvalue weighted by Gasteiger charge is 2.36. The molecule has 0 atom stereocenters. The highest BCUT2D eigenvalue weighted by Crippen LogP contribution is 2.36. The quantitative estimate of drug-likeness (QED) is 0.497. The van der Waals surface area contributed by atoms with E-state index in [-0.39, 0.29) is 11.8 Å². The minimum Gasteiger partial charge on any atom is -0.338 e. The number of benzene rings is 2. The summed E-state index contributed by atoms with van der Waals surface area (Å²) < 4.78 is 3.31. The van der Waals surface area contributed by atoms with Crippen LogP contribution in [0.3, 0.4) is 0 Å². The zero-order valence-electron chi connectivity index (χ0n) is 15.9. The molecule has 6 rings (SSSR count). The van der Waals surface area contributed by atoms with Gasteiger partial charge in [0.2, 0.25) is 0 Å². The van der Waals surface area contributed by atoms with Crippen LogP contribution >= 0.6 is 0 Å². The van der Waals surface area contributed by atoms with E-state index in [9.17, 15) is 14.4 Å². The first-order valence-electron chi connectivity index (χ1n) is 9.84. The molecule has 146 valence electrons. The number of hydrogen-bond donors (Lipinski definition) is 1. The molecule has 0 fully saturated rings. The van der Waals surface area contributed by atoms with Crippen molar-refractivity contribution in [2.75, 3.05) is 5.32 Å². The van der Waals surface area contributed by atoms with Crippen LogP contribution in [-0.4, -0.2) is 25.9 Å². The van der Waals surface area contributed by atoms with Crippen LogP contribution in [0.25, 0.3) is 22.3 Å². The Morgan fingerprint density at radius 3 is 2.50 bits per heavy atom. The van der Waals surface area contributed by atoms with E-state index in [1.165, 1.54) is 4.57 Å². The lowest BCUT2D eigenvalue weighted by molar-refractivity contribution is 0.0972. The van der Waals surface area contributed by atoms with E-state index in [1.54, 1.807) is 36.4 Å². The van der Waals surface area contributed by atoms with E-state index in [1.807, 2.05) is 22.8 Å². The highest BCUT2D eigenvalue weighted by molar-refractivity contribution is 6.18. The van der Waals surface area contributed by atoms with Crippen LogP contribution in [0.4, 0.5) is 5.69 Å². The van der Waals surface area contributed by atoms with Gasteiger partial charge in [0.1, 0.15) is 5.69 Å². The summed E-state index contributed by atoms with van der Waals surface area (Å²) in [6.07, 6.45) is 1.51. The molecule has 7 nitrogen and oxygen atoms in total.